The van der Waals surface area contributed by atoms with Gasteiger partial charge in [-0.2, -0.15) is 0 Å². The highest BCUT2D eigenvalue weighted by atomic mass is 16.3. The van der Waals surface area contributed by atoms with Gasteiger partial charge in [0.2, 0.25) is 0 Å². The van der Waals surface area contributed by atoms with Crippen LogP contribution in [-0.2, 0) is 0 Å². The van der Waals surface area contributed by atoms with Crippen molar-refractivity contribution in [1.29, 1.82) is 0 Å². The van der Waals surface area contributed by atoms with Crippen LogP contribution in [0.2, 0.25) is 0 Å². The van der Waals surface area contributed by atoms with Crippen LogP contribution >= 0.6 is 0 Å². The Morgan fingerprint density at radius 1 is 1.39 bits per heavy atom. The number of aryl methyl sites for hydroxylation is 1. The topological polar surface area (TPSA) is 64.2 Å². The van der Waals surface area contributed by atoms with Crippen molar-refractivity contribution >= 4 is 17.0 Å². The molecule has 6 heteroatoms. The number of imidazole rings is 1. The van der Waals surface area contributed by atoms with Crippen molar-refractivity contribution < 1.29 is 9.21 Å². The number of nitrogens with zero attached hydrogens (tertiary/aromatic N) is 4. The zero-order valence-corrected chi connectivity index (χ0v) is 13.0. The molecule has 0 radical (unpaired) electrons. The van der Waals surface area contributed by atoms with Gasteiger partial charge >= 0.3 is 0 Å². The first-order chi connectivity index (χ1) is 11.2. The number of rotatable bonds is 2. The summed E-state index contributed by atoms with van der Waals surface area (Å²) in [6.45, 7) is 3.36. The molecule has 0 bridgehead atoms. The molecule has 1 aliphatic heterocycles. The Bertz CT molecular complexity index is 838. The van der Waals surface area contributed by atoms with E-state index in [2.05, 4.69) is 14.5 Å². The summed E-state index contributed by atoms with van der Waals surface area (Å²) in [4.78, 5) is 23.1. The smallest absolute Gasteiger partial charge is 0.289 e. The Hall–Kier alpha value is -2.63. The molecule has 0 aliphatic carbocycles. The third-order valence-electron chi connectivity index (χ3n) is 4.35. The lowest BCUT2D eigenvalue weighted by molar-refractivity contribution is 0.0650. The number of likely N-dealkylation sites (tertiary alicyclic amines) is 1. The summed E-state index contributed by atoms with van der Waals surface area (Å²) in [5.74, 6) is 0.301. The Kier molecular flexibility index (Phi) is 3.37. The van der Waals surface area contributed by atoms with E-state index in [1.807, 2.05) is 36.5 Å². The van der Waals surface area contributed by atoms with Crippen LogP contribution in [0, 0.1) is 6.92 Å². The van der Waals surface area contributed by atoms with Gasteiger partial charge in [0.25, 0.3) is 5.91 Å². The number of furan rings is 1. The average molecular weight is 310 g/mol. The number of aromatic nitrogens is 3. The summed E-state index contributed by atoms with van der Waals surface area (Å²) in [5, 5.41) is 0. The summed E-state index contributed by atoms with van der Waals surface area (Å²) in [7, 11) is 0. The average Bonchev–Trinajstić information content (AvgIpc) is 3.23. The first-order valence-corrected chi connectivity index (χ1v) is 7.84. The molecule has 1 saturated heterocycles. The summed E-state index contributed by atoms with van der Waals surface area (Å²) in [5.41, 5.74) is 2.30. The fourth-order valence-corrected chi connectivity index (χ4v) is 3.16. The number of hydrogen-bond donors (Lipinski definition) is 0. The number of hydrogen-bond acceptors (Lipinski definition) is 4. The molecule has 1 amide bonds. The van der Waals surface area contributed by atoms with Gasteiger partial charge in [0.1, 0.15) is 5.52 Å². The Balaban J connectivity index is 1.57. The van der Waals surface area contributed by atoms with Gasteiger partial charge in [0.15, 0.2) is 11.3 Å². The van der Waals surface area contributed by atoms with Crippen LogP contribution in [0.25, 0.3) is 11.1 Å². The quantitative estimate of drug-likeness (QED) is 0.730. The van der Waals surface area contributed by atoms with Crippen molar-refractivity contribution in [1.82, 2.24) is 19.4 Å². The fraction of sp³-hybridized carbons (Fsp3) is 0.353. The number of fused-ring (bicyclic) bond motifs is 1. The van der Waals surface area contributed by atoms with E-state index < -0.39 is 0 Å². The molecule has 0 spiro atoms. The molecule has 1 fully saturated rings. The lowest BCUT2D eigenvalue weighted by Gasteiger charge is -2.32. The van der Waals surface area contributed by atoms with Gasteiger partial charge < -0.3 is 13.9 Å². The first-order valence-electron chi connectivity index (χ1n) is 7.84. The number of amides is 1. The van der Waals surface area contributed by atoms with Crippen molar-refractivity contribution in [2.45, 2.75) is 25.8 Å². The number of piperidine rings is 1. The molecule has 0 unspecified atom stereocenters. The van der Waals surface area contributed by atoms with E-state index in [-0.39, 0.29) is 11.9 Å². The number of carbonyl (C=O) groups excluding carboxylic acids is 1. The molecule has 118 valence electrons. The lowest BCUT2D eigenvalue weighted by Crippen LogP contribution is -2.40. The molecular weight excluding hydrogens is 292 g/mol. The van der Waals surface area contributed by atoms with Crippen molar-refractivity contribution in [2.75, 3.05) is 13.1 Å². The van der Waals surface area contributed by atoms with Crippen molar-refractivity contribution in [3.63, 3.8) is 0 Å². The largest absolute Gasteiger partial charge is 0.449 e. The monoisotopic (exact) mass is 310 g/mol. The maximum Gasteiger partial charge on any atom is 0.289 e. The molecule has 1 atom stereocenters. The highest BCUT2D eigenvalue weighted by molar-refractivity contribution is 5.95. The summed E-state index contributed by atoms with van der Waals surface area (Å²) >= 11 is 0. The molecule has 4 heterocycles. The lowest BCUT2D eigenvalue weighted by atomic mass is 10.1. The van der Waals surface area contributed by atoms with Gasteiger partial charge in [-0.3, -0.25) is 4.79 Å². The molecular formula is C17H18N4O2. The summed E-state index contributed by atoms with van der Waals surface area (Å²) in [6, 6.07) is 5.76. The van der Waals surface area contributed by atoms with E-state index in [4.69, 9.17) is 4.42 Å². The second-order valence-corrected chi connectivity index (χ2v) is 6.00. The van der Waals surface area contributed by atoms with Gasteiger partial charge in [-0.15, -0.1) is 0 Å². The van der Waals surface area contributed by atoms with Crippen LogP contribution in [-0.4, -0.2) is 38.4 Å². The van der Waals surface area contributed by atoms with Crippen LogP contribution in [0.1, 0.15) is 35.1 Å². The molecule has 3 aromatic rings. The fourth-order valence-electron chi connectivity index (χ4n) is 3.16. The number of pyridine rings is 1. The standard InChI is InChI=1S/C17H18N4O2/c1-12-4-5-15-14(19-12)9-16(23-15)17(22)20-7-2-3-13(10-20)21-8-6-18-11-21/h4-6,8-9,11,13H,2-3,7,10H2,1H3/t13-/m0/s1. The van der Waals surface area contributed by atoms with Gasteiger partial charge in [-0.05, 0) is 31.9 Å². The molecule has 4 rings (SSSR count). The molecule has 0 N–H and O–H groups in total. The predicted octanol–water partition coefficient (Wildman–Crippen LogP) is 2.81. The molecule has 23 heavy (non-hydrogen) atoms. The third kappa shape index (κ3) is 2.60. The van der Waals surface area contributed by atoms with Crippen LogP contribution < -0.4 is 0 Å². The highest BCUT2D eigenvalue weighted by Gasteiger charge is 2.27. The van der Waals surface area contributed by atoms with E-state index in [1.54, 1.807) is 12.3 Å². The van der Waals surface area contributed by atoms with Gasteiger partial charge in [0, 0.05) is 37.2 Å². The zero-order valence-electron chi connectivity index (χ0n) is 13.0. The van der Waals surface area contributed by atoms with Gasteiger partial charge in [-0.25, -0.2) is 9.97 Å². The minimum absolute atomic E-state index is 0.0644. The summed E-state index contributed by atoms with van der Waals surface area (Å²) < 4.78 is 7.76. The number of carbonyl (C=O) groups is 1. The summed E-state index contributed by atoms with van der Waals surface area (Å²) in [6.07, 6.45) is 7.57. The van der Waals surface area contributed by atoms with Crippen LogP contribution in [0.3, 0.4) is 0 Å². The Morgan fingerprint density at radius 3 is 3.13 bits per heavy atom. The van der Waals surface area contributed by atoms with E-state index in [9.17, 15) is 4.79 Å². The van der Waals surface area contributed by atoms with Crippen LogP contribution in [0.5, 0.6) is 0 Å². The van der Waals surface area contributed by atoms with Crippen LogP contribution in [0.4, 0.5) is 0 Å². The molecule has 6 nitrogen and oxygen atoms in total. The molecule has 0 saturated carbocycles. The van der Waals surface area contributed by atoms with Gasteiger partial charge in [0.05, 0.1) is 12.4 Å². The maximum absolute atomic E-state index is 12.7. The van der Waals surface area contributed by atoms with Crippen molar-refractivity contribution in [2.24, 2.45) is 0 Å². The maximum atomic E-state index is 12.7. The molecule has 3 aromatic heterocycles. The Labute approximate surface area is 133 Å². The molecule has 1 aliphatic rings. The van der Waals surface area contributed by atoms with Crippen molar-refractivity contribution in [3.8, 4) is 0 Å². The normalized spacial score (nSPS) is 18.5. The van der Waals surface area contributed by atoms with Gasteiger partial charge in [-0.1, -0.05) is 0 Å². The molecule has 0 aromatic carbocycles. The van der Waals surface area contributed by atoms with E-state index in [0.717, 1.165) is 30.6 Å². The SMILES string of the molecule is Cc1ccc2oc(C(=O)N3CCC[C@H](n4ccnc4)C3)cc2n1. The second kappa shape index (κ2) is 5.53. The van der Waals surface area contributed by atoms with E-state index >= 15 is 0 Å². The third-order valence-corrected chi connectivity index (χ3v) is 4.35. The Morgan fingerprint density at radius 2 is 2.30 bits per heavy atom. The first kappa shape index (κ1) is 14.0. The zero-order chi connectivity index (χ0) is 15.8. The van der Waals surface area contributed by atoms with Crippen LogP contribution in [0.15, 0.2) is 41.3 Å². The highest BCUT2D eigenvalue weighted by Crippen LogP contribution is 2.24. The second-order valence-electron chi connectivity index (χ2n) is 6.00. The minimum atomic E-state index is -0.0644. The van der Waals surface area contributed by atoms with E-state index in [1.165, 1.54) is 0 Å². The predicted molar refractivity (Wildman–Crippen MR) is 85.1 cm³/mol. The van der Waals surface area contributed by atoms with E-state index in [0.29, 0.717) is 17.9 Å². The minimum Gasteiger partial charge on any atom is -0.449 e. The van der Waals surface area contributed by atoms with Crippen molar-refractivity contribution in [3.05, 3.63) is 48.4 Å².